The number of rotatable bonds is 5. The predicted octanol–water partition coefficient (Wildman–Crippen LogP) is 4.23. The Kier molecular flexibility index (Phi) is 6.72. The van der Waals surface area contributed by atoms with Gasteiger partial charge >= 0.3 is 6.18 Å². The normalized spacial score (nSPS) is 17.2. The van der Waals surface area contributed by atoms with Gasteiger partial charge < -0.3 is 10.0 Å². The molecule has 1 fully saturated rings. The number of sulfone groups is 1. The summed E-state index contributed by atoms with van der Waals surface area (Å²) in [4.78, 5) is 13.8. The first kappa shape index (κ1) is 24.3. The zero-order chi connectivity index (χ0) is 23.7. The Hall–Kier alpha value is -2.39. The van der Waals surface area contributed by atoms with Gasteiger partial charge in [-0.2, -0.15) is 13.2 Å². The number of halogens is 3. The van der Waals surface area contributed by atoms with Crippen LogP contribution in [0.3, 0.4) is 0 Å². The number of aliphatic hydroxyl groups is 1. The van der Waals surface area contributed by atoms with E-state index >= 15 is 0 Å². The summed E-state index contributed by atoms with van der Waals surface area (Å²) >= 11 is 0. The second-order valence-electron chi connectivity index (χ2n) is 8.55. The van der Waals surface area contributed by atoms with E-state index in [1.165, 1.54) is 24.8 Å². The molecule has 1 heterocycles. The molecule has 1 aliphatic rings. The standard InChI is InChI=1S/C23H26F3NO4S/c1-22(2,32(30,31)19-10-6-9-18(15-19)23(24,25)26)17-11-13-27(14-12-17)21(29)20(28)16-7-4-3-5-8-16/h3-10,15,17,20,28H,11-14H2,1-2H3/t20-/m0/s1. The van der Waals surface area contributed by atoms with Crippen LogP contribution in [0.4, 0.5) is 13.2 Å². The fourth-order valence-corrected chi connectivity index (χ4v) is 5.93. The third kappa shape index (κ3) is 4.68. The minimum atomic E-state index is -4.64. The molecule has 1 aliphatic heterocycles. The highest BCUT2D eigenvalue weighted by Gasteiger charge is 2.45. The molecule has 0 radical (unpaired) electrons. The molecule has 32 heavy (non-hydrogen) atoms. The number of likely N-dealkylation sites (tertiary alicyclic amines) is 1. The van der Waals surface area contributed by atoms with Crippen LogP contribution in [0.2, 0.25) is 0 Å². The van der Waals surface area contributed by atoms with Crippen LogP contribution in [0.5, 0.6) is 0 Å². The fourth-order valence-electron chi connectivity index (χ4n) is 4.11. The van der Waals surface area contributed by atoms with E-state index in [0.717, 1.165) is 12.1 Å². The van der Waals surface area contributed by atoms with Crippen molar-refractivity contribution in [3.63, 3.8) is 0 Å². The van der Waals surface area contributed by atoms with Crippen molar-refractivity contribution in [2.45, 2.75) is 48.6 Å². The first-order chi connectivity index (χ1) is 14.9. The van der Waals surface area contributed by atoms with Gasteiger partial charge in [0, 0.05) is 13.1 Å². The topological polar surface area (TPSA) is 74.7 Å². The summed E-state index contributed by atoms with van der Waals surface area (Å²) in [5.41, 5.74) is -0.531. The zero-order valence-corrected chi connectivity index (χ0v) is 18.7. The Morgan fingerprint density at radius 3 is 2.19 bits per heavy atom. The van der Waals surface area contributed by atoms with Gasteiger partial charge in [-0.15, -0.1) is 0 Å². The van der Waals surface area contributed by atoms with Crippen molar-refractivity contribution in [3.8, 4) is 0 Å². The Morgan fingerprint density at radius 2 is 1.62 bits per heavy atom. The van der Waals surface area contributed by atoms with Crippen LogP contribution in [0.15, 0.2) is 59.5 Å². The molecule has 1 atom stereocenters. The van der Waals surface area contributed by atoms with Crippen LogP contribution in [-0.2, 0) is 20.8 Å². The molecule has 2 aromatic rings. The maximum absolute atomic E-state index is 13.3. The van der Waals surface area contributed by atoms with Crippen LogP contribution >= 0.6 is 0 Å². The number of hydrogen-bond acceptors (Lipinski definition) is 4. The fraction of sp³-hybridized carbons (Fsp3) is 0.435. The van der Waals surface area contributed by atoms with Crippen molar-refractivity contribution in [2.24, 2.45) is 5.92 Å². The summed E-state index contributed by atoms with van der Waals surface area (Å²) in [6, 6.07) is 12.3. The third-order valence-electron chi connectivity index (χ3n) is 6.30. The largest absolute Gasteiger partial charge is 0.416 e. The Balaban J connectivity index is 1.73. The van der Waals surface area contributed by atoms with Crippen molar-refractivity contribution in [3.05, 3.63) is 65.7 Å². The first-order valence-electron chi connectivity index (χ1n) is 10.3. The van der Waals surface area contributed by atoms with Crippen LogP contribution < -0.4 is 0 Å². The second-order valence-corrected chi connectivity index (χ2v) is 11.1. The van der Waals surface area contributed by atoms with Crippen LogP contribution in [0, 0.1) is 5.92 Å². The van der Waals surface area contributed by atoms with E-state index in [1.807, 2.05) is 0 Å². The molecule has 0 aliphatic carbocycles. The number of nitrogens with zero attached hydrogens (tertiary/aromatic N) is 1. The lowest BCUT2D eigenvalue weighted by atomic mass is 9.85. The number of benzene rings is 2. The number of aliphatic hydroxyl groups excluding tert-OH is 1. The number of carbonyl (C=O) groups excluding carboxylic acids is 1. The third-order valence-corrected chi connectivity index (χ3v) is 8.90. The number of alkyl halides is 3. The minimum absolute atomic E-state index is 0.259. The van der Waals surface area contributed by atoms with Crippen molar-refractivity contribution in [2.75, 3.05) is 13.1 Å². The molecule has 0 spiro atoms. The predicted molar refractivity (Wildman–Crippen MR) is 113 cm³/mol. The van der Waals surface area contributed by atoms with Gasteiger partial charge in [-0.3, -0.25) is 4.79 Å². The second kappa shape index (κ2) is 8.86. The number of amides is 1. The van der Waals surface area contributed by atoms with E-state index in [0.29, 0.717) is 24.5 Å². The van der Waals surface area contributed by atoms with Crippen LogP contribution in [0.25, 0.3) is 0 Å². The molecule has 174 valence electrons. The van der Waals surface area contributed by atoms with E-state index in [4.69, 9.17) is 0 Å². The Bertz CT molecular complexity index is 1060. The molecular weight excluding hydrogens is 443 g/mol. The number of carbonyl (C=O) groups is 1. The van der Waals surface area contributed by atoms with Gasteiger partial charge in [0.2, 0.25) is 0 Å². The molecule has 9 heteroatoms. The van der Waals surface area contributed by atoms with Gasteiger partial charge in [0.25, 0.3) is 5.91 Å². The molecule has 1 saturated heterocycles. The van der Waals surface area contributed by atoms with E-state index in [9.17, 15) is 31.5 Å². The monoisotopic (exact) mass is 469 g/mol. The smallest absolute Gasteiger partial charge is 0.378 e. The average molecular weight is 470 g/mol. The van der Waals surface area contributed by atoms with Crippen molar-refractivity contribution >= 4 is 15.7 Å². The molecule has 5 nitrogen and oxygen atoms in total. The first-order valence-corrected chi connectivity index (χ1v) is 11.8. The maximum Gasteiger partial charge on any atom is 0.416 e. The molecule has 0 saturated carbocycles. The van der Waals surface area contributed by atoms with Gasteiger partial charge in [-0.05, 0) is 56.4 Å². The van der Waals surface area contributed by atoms with Crippen LogP contribution in [0.1, 0.15) is 43.9 Å². The lowest BCUT2D eigenvalue weighted by molar-refractivity contribution is -0.142. The number of piperidine rings is 1. The highest BCUT2D eigenvalue weighted by Crippen LogP contribution is 2.39. The summed E-state index contributed by atoms with van der Waals surface area (Å²) in [6.45, 7) is 3.55. The summed E-state index contributed by atoms with van der Waals surface area (Å²) in [7, 11) is -4.07. The summed E-state index contributed by atoms with van der Waals surface area (Å²) in [6.07, 6.45) is -5.22. The molecule has 3 rings (SSSR count). The number of hydrogen-bond donors (Lipinski definition) is 1. The van der Waals surface area contributed by atoms with E-state index in [2.05, 4.69) is 0 Å². The van der Waals surface area contributed by atoms with Gasteiger partial charge in [0.05, 0.1) is 15.2 Å². The molecule has 0 unspecified atom stereocenters. The summed E-state index contributed by atoms with van der Waals surface area (Å²) < 4.78 is 64.4. The van der Waals surface area contributed by atoms with E-state index < -0.39 is 38.3 Å². The van der Waals surface area contributed by atoms with Gasteiger partial charge in [0.1, 0.15) is 0 Å². The van der Waals surface area contributed by atoms with Gasteiger partial charge in [-0.1, -0.05) is 36.4 Å². The van der Waals surface area contributed by atoms with Crippen molar-refractivity contribution in [1.29, 1.82) is 0 Å². The summed E-state index contributed by atoms with van der Waals surface area (Å²) in [5, 5.41) is 10.4. The Morgan fingerprint density at radius 1 is 1.03 bits per heavy atom. The quantitative estimate of drug-likeness (QED) is 0.711. The highest BCUT2D eigenvalue weighted by atomic mass is 32.2. The maximum atomic E-state index is 13.3. The van der Waals surface area contributed by atoms with E-state index in [1.54, 1.807) is 30.3 Å². The van der Waals surface area contributed by atoms with Crippen LogP contribution in [-0.4, -0.2) is 42.2 Å². The molecule has 2 aromatic carbocycles. The van der Waals surface area contributed by atoms with Gasteiger partial charge in [0.15, 0.2) is 15.9 Å². The molecule has 0 aromatic heterocycles. The molecular formula is C23H26F3NO4S. The molecule has 1 N–H and O–H groups in total. The lowest BCUT2D eigenvalue weighted by Gasteiger charge is -2.40. The molecule has 1 amide bonds. The zero-order valence-electron chi connectivity index (χ0n) is 17.8. The molecule has 0 bridgehead atoms. The van der Waals surface area contributed by atoms with Crippen molar-refractivity contribution < 1.29 is 31.5 Å². The minimum Gasteiger partial charge on any atom is -0.378 e. The van der Waals surface area contributed by atoms with Gasteiger partial charge in [-0.25, -0.2) is 8.42 Å². The van der Waals surface area contributed by atoms with E-state index in [-0.39, 0.29) is 23.9 Å². The van der Waals surface area contributed by atoms with Crippen molar-refractivity contribution in [1.82, 2.24) is 4.90 Å². The Labute approximate surface area is 185 Å². The highest BCUT2D eigenvalue weighted by molar-refractivity contribution is 7.92. The average Bonchev–Trinajstić information content (AvgIpc) is 2.78. The SMILES string of the molecule is CC(C)(C1CCN(C(=O)[C@@H](O)c2ccccc2)CC1)S(=O)(=O)c1cccc(C(F)(F)F)c1. The lowest BCUT2D eigenvalue weighted by Crippen LogP contribution is -2.48. The summed E-state index contributed by atoms with van der Waals surface area (Å²) in [5.74, 6) is -0.812.